The van der Waals surface area contributed by atoms with Crippen LogP contribution < -0.4 is 0 Å². The standard InChI is InChI=1S/C32H60Si3/c1-13-33(14-2,15-3)27-21-29(25(9)10)31(23-27)35(19-7,20-8)32-24-28(22-30(32)26(11)12)34(16-4,17-5)18-6/h21-26,31-32H,13-20H2,1-12H3. The monoisotopic (exact) mass is 528 g/mol. The molecule has 0 N–H and O–H groups in total. The minimum atomic E-state index is -1.69. The van der Waals surface area contributed by atoms with Crippen LogP contribution in [-0.4, -0.2) is 24.2 Å². The Morgan fingerprint density at radius 3 is 1.00 bits per heavy atom. The van der Waals surface area contributed by atoms with Gasteiger partial charge in [-0.05, 0) is 22.9 Å². The van der Waals surface area contributed by atoms with Gasteiger partial charge in [0.05, 0.1) is 24.2 Å². The van der Waals surface area contributed by atoms with Gasteiger partial charge in [-0.15, -0.1) is 0 Å². The Labute approximate surface area is 223 Å². The average Bonchev–Trinajstić information content (AvgIpc) is 3.51. The van der Waals surface area contributed by atoms with E-state index in [9.17, 15) is 0 Å². The number of rotatable bonds is 14. The normalized spacial score (nSPS) is 21.5. The smallest absolute Gasteiger partial charge is 0.0807 e. The third-order valence-electron chi connectivity index (χ3n) is 11.2. The molecule has 2 unspecified atom stereocenters. The van der Waals surface area contributed by atoms with Gasteiger partial charge >= 0.3 is 0 Å². The predicted octanol–water partition coefficient (Wildman–Crippen LogP) is 11.4. The van der Waals surface area contributed by atoms with Crippen molar-refractivity contribution < 1.29 is 0 Å². The molecule has 0 heterocycles. The molecule has 0 radical (unpaired) electrons. The Morgan fingerprint density at radius 2 is 0.800 bits per heavy atom. The van der Waals surface area contributed by atoms with Gasteiger partial charge in [0.15, 0.2) is 0 Å². The molecule has 0 aromatic carbocycles. The van der Waals surface area contributed by atoms with Gasteiger partial charge in [-0.25, -0.2) is 0 Å². The molecule has 0 spiro atoms. The molecule has 2 atom stereocenters. The van der Waals surface area contributed by atoms with E-state index in [2.05, 4.69) is 107 Å². The van der Waals surface area contributed by atoms with Gasteiger partial charge in [-0.2, -0.15) is 0 Å². The molecule has 0 aromatic heterocycles. The maximum atomic E-state index is 2.91. The van der Waals surface area contributed by atoms with Crippen molar-refractivity contribution in [2.24, 2.45) is 11.8 Å². The Morgan fingerprint density at radius 1 is 0.514 bits per heavy atom. The average molecular weight is 529 g/mol. The lowest BCUT2D eigenvalue weighted by Crippen LogP contribution is -2.44. The van der Waals surface area contributed by atoms with Crippen LogP contribution >= 0.6 is 0 Å². The Kier molecular flexibility index (Phi) is 11.0. The lowest BCUT2D eigenvalue weighted by molar-refractivity contribution is 0.718. The summed E-state index contributed by atoms with van der Waals surface area (Å²) in [5.74, 6) is 1.31. The van der Waals surface area contributed by atoms with Gasteiger partial charge in [-0.1, -0.05) is 177 Å². The van der Waals surface area contributed by atoms with E-state index in [1.165, 1.54) is 48.4 Å². The number of hydrogen-bond acceptors (Lipinski definition) is 0. The maximum Gasteiger partial charge on any atom is 0.0855 e. The summed E-state index contributed by atoms with van der Waals surface area (Å²) in [6.07, 6.45) is 11.4. The van der Waals surface area contributed by atoms with E-state index in [1.807, 2.05) is 10.4 Å². The molecule has 0 aromatic rings. The summed E-state index contributed by atoms with van der Waals surface area (Å²) in [5.41, 5.74) is 5.07. The van der Waals surface area contributed by atoms with Crippen LogP contribution in [-0.2, 0) is 0 Å². The predicted molar refractivity (Wildman–Crippen MR) is 171 cm³/mol. The molecule has 0 fully saturated rings. The summed E-state index contributed by atoms with van der Waals surface area (Å²) in [6, 6.07) is 11.2. The number of hydrogen-bond donors (Lipinski definition) is 0. The van der Waals surface area contributed by atoms with Gasteiger partial charge in [0, 0.05) is 0 Å². The fourth-order valence-corrected chi connectivity index (χ4v) is 21.5. The maximum absolute atomic E-state index is 2.91. The zero-order valence-electron chi connectivity index (χ0n) is 25.8. The van der Waals surface area contributed by atoms with Crippen LogP contribution in [0.4, 0.5) is 0 Å². The molecule has 200 valence electrons. The summed E-state index contributed by atoms with van der Waals surface area (Å²) < 4.78 is 0. The Hall–Kier alpha value is -0.389. The lowest BCUT2D eigenvalue weighted by Gasteiger charge is -2.44. The highest BCUT2D eigenvalue weighted by molar-refractivity contribution is 6.90. The van der Waals surface area contributed by atoms with E-state index >= 15 is 0 Å². The summed E-state index contributed by atoms with van der Waals surface area (Å²) in [4.78, 5) is 0. The van der Waals surface area contributed by atoms with Gasteiger partial charge in [0.25, 0.3) is 0 Å². The molecule has 0 amide bonds. The number of allylic oxidation sites excluding steroid dienone is 8. The molecule has 3 heteroatoms. The first kappa shape index (κ1) is 30.8. The van der Waals surface area contributed by atoms with Gasteiger partial charge < -0.3 is 0 Å². The molecule has 0 aliphatic heterocycles. The van der Waals surface area contributed by atoms with E-state index in [-0.39, 0.29) is 0 Å². The van der Waals surface area contributed by atoms with E-state index in [4.69, 9.17) is 0 Å². The second kappa shape index (κ2) is 12.4. The highest BCUT2D eigenvalue weighted by Crippen LogP contribution is 2.57. The largest absolute Gasteiger partial charge is 0.0855 e. The SMILES string of the molecule is CC[Si](CC)(CC)C1=CC([Si](CC)(CC)C2C=C([Si](CC)(CC)CC)C=C2C(C)C)C(C(C)C)=C1. The zero-order chi connectivity index (χ0) is 26.6. The van der Waals surface area contributed by atoms with Crippen LogP contribution in [0.1, 0.15) is 83.1 Å². The van der Waals surface area contributed by atoms with Gasteiger partial charge in [-0.3, -0.25) is 0 Å². The quantitative estimate of drug-likeness (QED) is 0.197. The second-order valence-corrected chi connectivity index (χ2v) is 28.1. The zero-order valence-corrected chi connectivity index (χ0v) is 28.8. The molecule has 0 saturated heterocycles. The van der Waals surface area contributed by atoms with Crippen LogP contribution in [0, 0.1) is 11.8 Å². The van der Waals surface area contributed by atoms with Crippen LogP contribution in [0.5, 0.6) is 0 Å². The summed E-state index contributed by atoms with van der Waals surface area (Å²) in [5, 5.41) is 3.66. The highest BCUT2D eigenvalue weighted by atomic mass is 28.3. The molecule has 2 aliphatic rings. The van der Waals surface area contributed by atoms with E-state index in [1.54, 1.807) is 11.1 Å². The summed E-state index contributed by atoms with van der Waals surface area (Å²) in [6.45, 7) is 29.9. The molecule has 2 rings (SSSR count). The van der Waals surface area contributed by atoms with Gasteiger partial charge in [0.2, 0.25) is 0 Å². The van der Waals surface area contributed by atoms with Gasteiger partial charge in [0.1, 0.15) is 0 Å². The summed E-state index contributed by atoms with van der Waals surface area (Å²) in [7, 11) is -4.44. The topological polar surface area (TPSA) is 0 Å². The van der Waals surface area contributed by atoms with Crippen molar-refractivity contribution >= 4 is 24.2 Å². The molecule has 35 heavy (non-hydrogen) atoms. The van der Waals surface area contributed by atoms with Crippen molar-refractivity contribution in [3.8, 4) is 0 Å². The third-order valence-corrected chi connectivity index (χ3v) is 28.5. The molecular formula is C32H60Si3. The fraction of sp³-hybridized carbons (Fsp3) is 0.750. The molecular weight excluding hydrogens is 469 g/mol. The van der Waals surface area contributed by atoms with Crippen LogP contribution in [0.25, 0.3) is 0 Å². The Balaban J connectivity index is 2.76. The van der Waals surface area contributed by atoms with Crippen molar-refractivity contribution in [1.82, 2.24) is 0 Å². The minimum Gasteiger partial charge on any atom is -0.0807 e. The first-order chi connectivity index (χ1) is 16.5. The molecule has 2 aliphatic carbocycles. The van der Waals surface area contributed by atoms with E-state index in [0.29, 0.717) is 11.8 Å². The first-order valence-corrected chi connectivity index (χ1v) is 23.2. The van der Waals surface area contributed by atoms with E-state index in [0.717, 1.165) is 11.1 Å². The van der Waals surface area contributed by atoms with Crippen molar-refractivity contribution in [2.45, 2.75) is 143 Å². The minimum absolute atomic E-state index is 0.655. The van der Waals surface area contributed by atoms with Crippen LogP contribution in [0.3, 0.4) is 0 Å². The highest BCUT2D eigenvalue weighted by Gasteiger charge is 2.51. The molecule has 0 nitrogen and oxygen atoms in total. The van der Waals surface area contributed by atoms with E-state index < -0.39 is 24.2 Å². The second-order valence-electron chi connectivity index (χ2n) is 12.4. The van der Waals surface area contributed by atoms with Crippen molar-refractivity contribution in [2.75, 3.05) is 0 Å². The Bertz CT molecular complexity index is 744. The third kappa shape index (κ3) is 5.30. The first-order valence-electron chi connectivity index (χ1n) is 15.4. The molecule has 0 saturated carbocycles. The lowest BCUT2D eigenvalue weighted by atomic mass is 10.0. The fourth-order valence-electron chi connectivity index (χ4n) is 7.94. The van der Waals surface area contributed by atoms with Crippen molar-refractivity contribution in [3.05, 3.63) is 45.8 Å². The summed E-state index contributed by atoms with van der Waals surface area (Å²) >= 11 is 0. The van der Waals surface area contributed by atoms with Crippen molar-refractivity contribution in [3.63, 3.8) is 0 Å². The van der Waals surface area contributed by atoms with Crippen LogP contribution in [0.2, 0.25) is 59.4 Å². The molecule has 0 bridgehead atoms. The van der Waals surface area contributed by atoms with Crippen LogP contribution in [0.15, 0.2) is 45.8 Å². The van der Waals surface area contributed by atoms with Crippen molar-refractivity contribution in [1.29, 1.82) is 0 Å².